The zero-order chi connectivity index (χ0) is 13.2. The van der Waals surface area contributed by atoms with Gasteiger partial charge in [-0.05, 0) is 41.7 Å². The molecule has 4 nitrogen and oxygen atoms in total. The van der Waals surface area contributed by atoms with Gasteiger partial charge >= 0.3 is 5.97 Å². The molecule has 1 rings (SSSR count). The molecule has 0 amide bonds. The van der Waals surface area contributed by atoms with Gasteiger partial charge in [0.15, 0.2) is 0 Å². The largest absolute Gasteiger partial charge is 0.480 e. The number of hydrogen-bond donors (Lipinski definition) is 2. The van der Waals surface area contributed by atoms with E-state index in [4.69, 9.17) is 15.6 Å². The number of carboxylic acid groups (broad SMARTS) is 1. The number of aliphatic carboxylic acids is 1. The first kappa shape index (κ1) is 15.1. The maximum Gasteiger partial charge on any atom is 0.322 e. The van der Waals surface area contributed by atoms with Crippen LogP contribution in [-0.4, -0.2) is 30.3 Å². The molecule has 1 atom stereocenters. The minimum Gasteiger partial charge on any atom is -0.480 e. The van der Waals surface area contributed by atoms with Crippen molar-refractivity contribution in [1.29, 1.82) is 0 Å². The van der Waals surface area contributed by atoms with Gasteiger partial charge in [0.05, 0.1) is 6.61 Å². The van der Waals surface area contributed by atoms with E-state index in [-0.39, 0.29) is 6.61 Å². The monoisotopic (exact) mass is 271 g/mol. The van der Waals surface area contributed by atoms with E-state index in [0.29, 0.717) is 6.61 Å². The van der Waals surface area contributed by atoms with Gasteiger partial charge in [-0.25, -0.2) is 0 Å². The van der Waals surface area contributed by atoms with Crippen LogP contribution < -0.4 is 5.73 Å². The van der Waals surface area contributed by atoms with Gasteiger partial charge in [0.2, 0.25) is 0 Å². The van der Waals surface area contributed by atoms with Crippen molar-refractivity contribution < 1.29 is 14.6 Å². The molecule has 18 heavy (non-hydrogen) atoms. The van der Waals surface area contributed by atoms with E-state index >= 15 is 0 Å². The van der Waals surface area contributed by atoms with Gasteiger partial charge < -0.3 is 15.6 Å². The van der Waals surface area contributed by atoms with Gasteiger partial charge in [-0.1, -0.05) is 12.8 Å². The molecular formula is C13H21NO3S. The number of carboxylic acids is 1. The summed E-state index contributed by atoms with van der Waals surface area (Å²) in [6.07, 6.45) is 5.62. The van der Waals surface area contributed by atoms with Crippen molar-refractivity contribution in [3.8, 4) is 0 Å². The fraction of sp³-hybridized carbons (Fsp3) is 0.615. The van der Waals surface area contributed by atoms with E-state index < -0.39 is 12.0 Å². The number of unbranched alkanes of at least 4 members (excludes halogenated alkanes) is 3. The molecule has 0 bridgehead atoms. The zero-order valence-electron chi connectivity index (χ0n) is 10.5. The smallest absolute Gasteiger partial charge is 0.322 e. The molecule has 1 aromatic rings. The maximum atomic E-state index is 10.4. The van der Waals surface area contributed by atoms with Crippen molar-refractivity contribution in [3.63, 3.8) is 0 Å². The third-order valence-corrected chi connectivity index (χ3v) is 3.43. The molecule has 1 aromatic heterocycles. The van der Waals surface area contributed by atoms with E-state index in [2.05, 4.69) is 16.8 Å². The Hall–Kier alpha value is -0.910. The molecule has 0 spiro atoms. The number of aryl methyl sites for hydroxylation is 1. The quantitative estimate of drug-likeness (QED) is 0.640. The average molecular weight is 271 g/mol. The molecule has 0 aliphatic rings. The van der Waals surface area contributed by atoms with Crippen LogP contribution in [-0.2, 0) is 16.0 Å². The highest BCUT2D eigenvalue weighted by atomic mass is 32.1. The van der Waals surface area contributed by atoms with E-state index in [1.165, 1.54) is 18.4 Å². The average Bonchev–Trinajstić information content (AvgIpc) is 2.85. The molecule has 5 heteroatoms. The van der Waals surface area contributed by atoms with E-state index in [1.54, 1.807) is 11.3 Å². The summed E-state index contributed by atoms with van der Waals surface area (Å²) in [7, 11) is 0. The third-order valence-electron chi connectivity index (χ3n) is 2.70. The molecule has 0 saturated heterocycles. The van der Waals surface area contributed by atoms with Crippen LogP contribution in [0.2, 0.25) is 0 Å². The highest BCUT2D eigenvalue weighted by molar-refractivity contribution is 7.07. The molecule has 3 N–H and O–H groups in total. The molecule has 0 aromatic carbocycles. The lowest BCUT2D eigenvalue weighted by atomic mass is 10.1. The van der Waals surface area contributed by atoms with Gasteiger partial charge in [0.1, 0.15) is 6.04 Å². The minimum atomic E-state index is -1.01. The van der Waals surface area contributed by atoms with Gasteiger partial charge in [-0.3, -0.25) is 4.79 Å². The van der Waals surface area contributed by atoms with Crippen LogP contribution in [0.5, 0.6) is 0 Å². The Balaban J connectivity index is 1.85. The fourth-order valence-corrected chi connectivity index (χ4v) is 2.31. The summed E-state index contributed by atoms with van der Waals surface area (Å²) in [6.45, 7) is 0.698. The summed E-state index contributed by atoms with van der Waals surface area (Å²) in [4.78, 5) is 10.4. The Morgan fingerprint density at radius 1 is 1.39 bits per heavy atom. The van der Waals surface area contributed by atoms with Crippen molar-refractivity contribution in [2.75, 3.05) is 13.2 Å². The second-order valence-corrected chi connectivity index (χ2v) is 5.10. The lowest BCUT2D eigenvalue weighted by molar-refractivity contribution is -0.140. The summed E-state index contributed by atoms with van der Waals surface area (Å²) in [5.41, 5.74) is 6.73. The Kier molecular flexibility index (Phi) is 7.64. The molecule has 0 radical (unpaired) electrons. The first-order chi connectivity index (χ1) is 8.70. The lowest BCUT2D eigenvalue weighted by Gasteiger charge is -2.07. The summed E-state index contributed by atoms with van der Waals surface area (Å²) >= 11 is 1.74. The highest BCUT2D eigenvalue weighted by Gasteiger charge is 2.10. The van der Waals surface area contributed by atoms with Crippen LogP contribution in [0.1, 0.15) is 31.2 Å². The van der Waals surface area contributed by atoms with Crippen LogP contribution in [0.3, 0.4) is 0 Å². The van der Waals surface area contributed by atoms with Gasteiger partial charge in [0.25, 0.3) is 0 Å². The minimum absolute atomic E-state index is 0.101. The van der Waals surface area contributed by atoms with Gasteiger partial charge in [-0.2, -0.15) is 11.3 Å². The number of nitrogens with two attached hydrogens (primary N) is 1. The lowest BCUT2D eigenvalue weighted by Crippen LogP contribution is -2.34. The topological polar surface area (TPSA) is 72.5 Å². The summed E-state index contributed by atoms with van der Waals surface area (Å²) in [5, 5.41) is 12.8. The molecule has 1 heterocycles. The summed E-state index contributed by atoms with van der Waals surface area (Å²) in [5.74, 6) is -1.01. The van der Waals surface area contributed by atoms with Crippen LogP contribution in [0.4, 0.5) is 0 Å². The van der Waals surface area contributed by atoms with Crippen LogP contribution in [0.25, 0.3) is 0 Å². The van der Waals surface area contributed by atoms with Crippen molar-refractivity contribution in [3.05, 3.63) is 22.4 Å². The van der Waals surface area contributed by atoms with E-state index in [9.17, 15) is 4.79 Å². The molecule has 0 unspecified atom stereocenters. The Bertz CT molecular complexity index is 327. The third kappa shape index (κ3) is 6.74. The number of carbonyl (C=O) groups is 1. The Morgan fingerprint density at radius 2 is 2.17 bits per heavy atom. The Labute approximate surface area is 112 Å². The van der Waals surface area contributed by atoms with Crippen molar-refractivity contribution in [2.45, 2.75) is 38.1 Å². The summed E-state index contributed by atoms with van der Waals surface area (Å²) < 4.78 is 5.21. The standard InChI is InChI=1S/C13H21NO3S/c14-12(13(15)16)9-17-7-4-2-1-3-5-11-6-8-18-10-11/h6,8,10,12H,1-5,7,9,14H2,(H,15,16)/t12-/m1/s1. The molecule has 0 aliphatic carbocycles. The van der Waals surface area contributed by atoms with Gasteiger partial charge in [-0.15, -0.1) is 0 Å². The van der Waals surface area contributed by atoms with E-state index in [0.717, 1.165) is 19.3 Å². The molecule has 0 fully saturated rings. The van der Waals surface area contributed by atoms with Crippen molar-refractivity contribution >= 4 is 17.3 Å². The van der Waals surface area contributed by atoms with Crippen LogP contribution in [0.15, 0.2) is 16.8 Å². The number of thiophene rings is 1. The second-order valence-electron chi connectivity index (χ2n) is 4.32. The predicted molar refractivity (Wildman–Crippen MR) is 72.9 cm³/mol. The maximum absolute atomic E-state index is 10.4. The molecular weight excluding hydrogens is 250 g/mol. The molecule has 102 valence electrons. The number of rotatable bonds is 10. The Morgan fingerprint density at radius 3 is 2.83 bits per heavy atom. The van der Waals surface area contributed by atoms with Gasteiger partial charge in [0, 0.05) is 6.61 Å². The van der Waals surface area contributed by atoms with E-state index in [1.807, 2.05) is 0 Å². The number of hydrogen-bond acceptors (Lipinski definition) is 4. The molecule has 0 saturated carbocycles. The van der Waals surface area contributed by atoms with Crippen molar-refractivity contribution in [1.82, 2.24) is 0 Å². The SMILES string of the molecule is N[C@H](COCCCCCCc1ccsc1)C(=O)O. The predicted octanol–water partition coefficient (Wildman–Crippen LogP) is 2.28. The molecule has 0 aliphatic heterocycles. The van der Waals surface area contributed by atoms with Crippen LogP contribution in [0, 0.1) is 0 Å². The highest BCUT2D eigenvalue weighted by Crippen LogP contribution is 2.11. The first-order valence-corrected chi connectivity index (χ1v) is 7.21. The fourth-order valence-electron chi connectivity index (χ4n) is 1.60. The normalized spacial score (nSPS) is 12.5. The van der Waals surface area contributed by atoms with Crippen LogP contribution >= 0.6 is 11.3 Å². The first-order valence-electron chi connectivity index (χ1n) is 6.27. The second kappa shape index (κ2) is 9.08. The number of ether oxygens (including phenoxy) is 1. The summed E-state index contributed by atoms with van der Waals surface area (Å²) in [6, 6.07) is 1.27. The van der Waals surface area contributed by atoms with Crippen molar-refractivity contribution in [2.24, 2.45) is 5.73 Å². The zero-order valence-corrected chi connectivity index (χ0v) is 11.3.